The summed E-state index contributed by atoms with van der Waals surface area (Å²) >= 11 is 0. The van der Waals surface area contributed by atoms with Gasteiger partial charge in [-0.15, -0.1) is 0 Å². The molecule has 1 spiro atoms. The number of aromatic amines is 1. The Bertz CT molecular complexity index is 653. The fourth-order valence-electron chi connectivity index (χ4n) is 4.21. The molecule has 0 bridgehead atoms. The summed E-state index contributed by atoms with van der Waals surface area (Å²) in [6.07, 6.45) is 6.09. The summed E-state index contributed by atoms with van der Waals surface area (Å²) in [5, 5.41) is 6.56. The van der Waals surface area contributed by atoms with E-state index in [1.807, 2.05) is 4.90 Å². The van der Waals surface area contributed by atoms with Crippen LogP contribution in [0, 0.1) is 11.3 Å². The Morgan fingerprint density at radius 1 is 1.38 bits per heavy atom. The third-order valence-electron chi connectivity index (χ3n) is 5.70. The van der Waals surface area contributed by atoms with E-state index in [-0.39, 0.29) is 17.2 Å². The molecule has 3 N–H and O–H groups in total. The quantitative estimate of drug-likeness (QED) is 0.871. The summed E-state index contributed by atoms with van der Waals surface area (Å²) < 4.78 is 0. The zero-order chi connectivity index (χ0) is 16.7. The minimum absolute atomic E-state index is 0.0380. The lowest BCUT2D eigenvalue weighted by atomic mass is 9.73. The number of likely N-dealkylation sites (tertiary alicyclic amines) is 2. The van der Waals surface area contributed by atoms with E-state index in [0.29, 0.717) is 23.9 Å². The molecule has 130 valence electrons. The normalized spacial score (nSPS) is 27.8. The number of carbonyl (C=O) groups excluding carboxylic acids is 2. The average Bonchev–Trinajstić information content (AvgIpc) is 3.29. The molecule has 2 aliphatic heterocycles. The van der Waals surface area contributed by atoms with Crippen molar-refractivity contribution in [2.75, 3.05) is 31.9 Å². The lowest BCUT2D eigenvalue weighted by molar-refractivity contribution is -0.139. The molecule has 1 aromatic rings. The second-order valence-corrected chi connectivity index (χ2v) is 7.75. The number of nitrogens with two attached hydrogens (primary N) is 1. The van der Waals surface area contributed by atoms with Gasteiger partial charge in [0.25, 0.3) is 5.91 Å². The number of hydrogen-bond acceptors (Lipinski definition) is 4. The number of carbonyl (C=O) groups is 2. The van der Waals surface area contributed by atoms with E-state index >= 15 is 0 Å². The van der Waals surface area contributed by atoms with Gasteiger partial charge in [0.2, 0.25) is 5.91 Å². The fraction of sp³-hybridized carbons (Fsp3) is 0.706. The van der Waals surface area contributed by atoms with Crippen LogP contribution in [0.1, 0.15) is 49.0 Å². The second-order valence-electron chi connectivity index (χ2n) is 7.75. The number of nitrogens with zero attached hydrogens (tertiary/aromatic N) is 3. The van der Waals surface area contributed by atoms with E-state index in [0.717, 1.165) is 45.4 Å². The molecule has 1 saturated carbocycles. The molecule has 2 amide bonds. The molecule has 7 heteroatoms. The summed E-state index contributed by atoms with van der Waals surface area (Å²) in [4.78, 5) is 28.9. The molecule has 24 heavy (non-hydrogen) atoms. The third kappa shape index (κ3) is 2.99. The van der Waals surface area contributed by atoms with Crippen molar-refractivity contribution in [3.05, 3.63) is 11.8 Å². The van der Waals surface area contributed by atoms with Gasteiger partial charge in [0.15, 0.2) is 0 Å². The smallest absolute Gasteiger partial charge is 0.271 e. The number of rotatable bonds is 3. The molecule has 1 aromatic heterocycles. The van der Waals surface area contributed by atoms with Gasteiger partial charge < -0.3 is 15.5 Å². The van der Waals surface area contributed by atoms with Gasteiger partial charge in [-0.3, -0.25) is 14.7 Å². The molecule has 7 nitrogen and oxygen atoms in total. The van der Waals surface area contributed by atoms with Gasteiger partial charge in [-0.1, -0.05) is 0 Å². The first kappa shape index (κ1) is 15.5. The zero-order valence-corrected chi connectivity index (χ0v) is 14.0. The maximum atomic E-state index is 12.7. The summed E-state index contributed by atoms with van der Waals surface area (Å²) in [7, 11) is 0. The Morgan fingerprint density at radius 2 is 2.21 bits per heavy atom. The first-order valence-electron chi connectivity index (χ1n) is 8.93. The molecule has 1 aliphatic carbocycles. The highest BCUT2D eigenvalue weighted by molar-refractivity contribution is 5.93. The first-order valence-corrected chi connectivity index (χ1v) is 8.93. The van der Waals surface area contributed by atoms with Crippen LogP contribution in [0.5, 0.6) is 0 Å². The van der Waals surface area contributed by atoms with Crippen LogP contribution in [0.25, 0.3) is 0 Å². The molecule has 0 radical (unpaired) electrons. The molecule has 3 heterocycles. The lowest BCUT2D eigenvalue weighted by Gasteiger charge is -2.48. The summed E-state index contributed by atoms with van der Waals surface area (Å²) in [5.41, 5.74) is 6.12. The van der Waals surface area contributed by atoms with Crippen molar-refractivity contribution in [3.63, 3.8) is 0 Å². The number of nitrogen functional groups attached to an aromatic ring is 1. The van der Waals surface area contributed by atoms with Crippen molar-refractivity contribution in [1.82, 2.24) is 20.0 Å². The van der Waals surface area contributed by atoms with E-state index in [1.54, 1.807) is 6.07 Å². The highest BCUT2D eigenvalue weighted by atomic mass is 16.2. The van der Waals surface area contributed by atoms with Crippen molar-refractivity contribution in [3.8, 4) is 0 Å². The number of aromatic nitrogens is 2. The van der Waals surface area contributed by atoms with Crippen LogP contribution >= 0.6 is 0 Å². The SMILES string of the molecule is Nc1cc(C(=O)N2CCC[C@@]3(CCC(=O)N(CC4CC4)C3)C2)[nH]n1. The zero-order valence-electron chi connectivity index (χ0n) is 14.0. The van der Waals surface area contributed by atoms with E-state index in [4.69, 9.17) is 5.73 Å². The molecule has 3 aliphatic rings. The summed E-state index contributed by atoms with van der Waals surface area (Å²) in [5.74, 6) is 1.29. The summed E-state index contributed by atoms with van der Waals surface area (Å²) in [6.45, 7) is 3.19. The maximum Gasteiger partial charge on any atom is 0.271 e. The highest BCUT2D eigenvalue weighted by Crippen LogP contribution is 2.40. The van der Waals surface area contributed by atoms with Crippen LogP contribution < -0.4 is 5.73 Å². The van der Waals surface area contributed by atoms with Crippen LogP contribution in [0.15, 0.2) is 6.07 Å². The molecular weight excluding hydrogens is 306 g/mol. The van der Waals surface area contributed by atoms with Crippen molar-refractivity contribution >= 4 is 17.6 Å². The van der Waals surface area contributed by atoms with Gasteiger partial charge in [0.1, 0.15) is 11.5 Å². The number of piperidine rings is 2. The van der Waals surface area contributed by atoms with Gasteiger partial charge in [0.05, 0.1) is 0 Å². The molecule has 1 atom stereocenters. The first-order chi connectivity index (χ1) is 11.5. The molecule has 3 fully saturated rings. The van der Waals surface area contributed by atoms with E-state index < -0.39 is 0 Å². The molecule has 2 saturated heterocycles. The second kappa shape index (κ2) is 5.79. The van der Waals surface area contributed by atoms with Crippen LogP contribution in [-0.2, 0) is 4.79 Å². The molecular formula is C17H25N5O2. The van der Waals surface area contributed by atoms with Gasteiger partial charge in [-0.25, -0.2) is 0 Å². The Balaban J connectivity index is 1.46. The molecule has 0 aromatic carbocycles. The van der Waals surface area contributed by atoms with Gasteiger partial charge in [0, 0.05) is 44.1 Å². The molecule has 0 unspecified atom stereocenters. The van der Waals surface area contributed by atoms with Gasteiger partial charge in [-0.2, -0.15) is 5.10 Å². The van der Waals surface area contributed by atoms with E-state index in [9.17, 15) is 9.59 Å². The maximum absolute atomic E-state index is 12.7. The van der Waals surface area contributed by atoms with Crippen molar-refractivity contribution in [2.24, 2.45) is 11.3 Å². The summed E-state index contributed by atoms with van der Waals surface area (Å²) in [6, 6.07) is 1.59. The van der Waals surface area contributed by atoms with Crippen LogP contribution in [0.2, 0.25) is 0 Å². The van der Waals surface area contributed by atoms with Crippen molar-refractivity contribution < 1.29 is 9.59 Å². The lowest BCUT2D eigenvalue weighted by Crippen LogP contribution is -2.55. The predicted molar refractivity (Wildman–Crippen MR) is 89.1 cm³/mol. The minimum Gasteiger partial charge on any atom is -0.382 e. The topological polar surface area (TPSA) is 95.3 Å². The number of hydrogen-bond donors (Lipinski definition) is 2. The van der Waals surface area contributed by atoms with E-state index in [1.165, 1.54) is 12.8 Å². The third-order valence-corrected chi connectivity index (χ3v) is 5.70. The average molecular weight is 331 g/mol. The minimum atomic E-state index is -0.0380. The fourth-order valence-corrected chi connectivity index (χ4v) is 4.21. The number of anilines is 1. The Hall–Kier alpha value is -2.05. The van der Waals surface area contributed by atoms with Crippen LogP contribution in [0.4, 0.5) is 5.82 Å². The molecule has 4 rings (SSSR count). The van der Waals surface area contributed by atoms with Crippen molar-refractivity contribution in [1.29, 1.82) is 0 Å². The van der Waals surface area contributed by atoms with Crippen LogP contribution in [-0.4, -0.2) is 58.0 Å². The van der Waals surface area contributed by atoms with Crippen molar-refractivity contribution in [2.45, 2.75) is 38.5 Å². The number of amides is 2. The Kier molecular flexibility index (Phi) is 3.73. The van der Waals surface area contributed by atoms with E-state index in [2.05, 4.69) is 15.1 Å². The Labute approximate surface area is 141 Å². The number of nitrogens with one attached hydrogen (secondary N) is 1. The van der Waals surface area contributed by atoms with Gasteiger partial charge >= 0.3 is 0 Å². The highest BCUT2D eigenvalue weighted by Gasteiger charge is 2.43. The monoisotopic (exact) mass is 331 g/mol. The standard InChI is InChI=1S/C17H25N5O2/c18-14-8-13(19-20-14)16(24)21-7-1-5-17(10-21)6-4-15(23)22(11-17)9-12-2-3-12/h8,12H,1-7,9-11H2,(H3,18,19,20)/t17-/m1/s1. The number of H-pyrrole nitrogens is 1. The van der Waals surface area contributed by atoms with Crippen LogP contribution in [0.3, 0.4) is 0 Å². The predicted octanol–water partition coefficient (Wildman–Crippen LogP) is 1.25. The largest absolute Gasteiger partial charge is 0.382 e. The Morgan fingerprint density at radius 3 is 2.92 bits per heavy atom. The van der Waals surface area contributed by atoms with Gasteiger partial charge in [-0.05, 0) is 38.0 Å².